The Morgan fingerprint density at radius 2 is 2.06 bits per heavy atom. The lowest BCUT2D eigenvalue weighted by Gasteiger charge is -2.28. The van der Waals surface area contributed by atoms with Crippen LogP contribution in [0.3, 0.4) is 0 Å². The molecule has 1 aliphatic carbocycles. The predicted molar refractivity (Wildman–Crippen MR) is 69.0 cm³/mol. The van der Waals surface area contributed by atoms with Gasteiger partial charge in [-0.15, -0.1) is 0 Å². The monoisotopic (exact) mass is 259 g/mol. The molecule has 0 amide bonds. The molecule has 17 heavy (non-hydrogen) atoms. The molecule has 0 saturated heterocycles. The number of sulfone groups is 1. The van der Waals surface area contributed by atoms with E-state index in [4.69, 9.17) is 0 Å². The summed E-state index contributed by atoms with van der Waals surface area (Å²) in [5, 5.41) is 6.33. The SMILES string of the molecule is CS(=O)(=O)C1(CNC2=NCCCN2)CCCC1. The smallest absolute Gasteiger partial charge is 0.191 e. The molecule has 2 rings (SSSR count). The first-order valence-electron chi connectivity index (χ1n) is 6.25. The molecule has 0 radical (unpaired) electrons. The molecule has 0 aromatic rings. The fraction of sp³-hybridized carbons (Fsp3) is 0.909. The standard InChI is InChI=1S/C11H21N3O2S/c1-17(15,16)11(5-2-3-6-11)9-14-10-12-7-4-8-13-10/h2-9H2,1H3,(H2,12,13,14). The predicted octanol–water partition coefficient (Wildman–Crippen LogP) is 0.283. The van der Waals surface area contributed by atoms with E-state index in [1.54, 1.807) is 0 Å². The summed E-state index contributed by atoms with van der Waals surface area (Å²) in [6.45, 7) is 2.22. The Balaban J connectivity index is 2.02. The Bertz CT molecular complexity index is 397. The van der Waals surface area contributed by atoms with Gasteiger partial charge in [0.1, 0.15) is 0 Å². The molecule has 0 bridgehead atoms. The number of nitrogens with zero attached hydrogens (tertiary/aromatic N) is 1. The van der Waals surface area contributed by atoms with E-state index in [9.17, 15) is 8.42 Å². The number of aliphatic imine (C=N–C) groups is 1. The third kappa shape index (κ3) is 2.73. The topological polar surface area (TPSA) is 70.6 Å². The normalized spacial score (nSPS) is 23.9. The van der Waals surface area contributed by atoms with E-state index >= 15 is 0 Å². The zero-order valence-corrected chi connectivity index (χ0v) is 11.1. The molecule has 2 N–H and O–H groups in total. The molecule has 1 aliphatic heterocycles. The van der Waals surface area contributed by atoms with Crippen LogP contribution < -0.4 is 10.6 Å². The maximum atomic E-state index is 11.9. The Morgan fingerprint density at radius 3 is 2.59 bits per heavy atom. The molecule has 2 aliphatic rings. The van der Waals surface area contributed by atoms with Gasteiger partial charge < -0.3 is 10.6 Å². The van der Waals surface area contributed by atoms with Crippen LogP contribution in [0.1, 0.15) is 32.1 Å². The lowest BCUT2D eigenvalue weighted by molar-refractivity contribution is 0.504. The van der Waals surface area contributed by atoms with Crippen LogP contribution in [-0.4, -0.2) is 45.0 Å². The summed E-state index contributed by atoms with van der Waals surface area (Å²) in [6, 6.07) is 0. The van der Waals surface area contributed by atoms with E-state index in [0.717, 1.165) is 51.2 Å². The molecule has 1 heterocycles. The highest BCUT2D eigenvalue weighted by Gasteiger charge is 2.43. The first-order chi connectivity index (χ1) is 8.04. The Labute approximate surface area is 103 Å². The van der Waals surface area contributed by atoms with Gasteiger partial charge in [-0.1, -0.05) is 12.8 Å². The van der Waals surface area contributed by atoms with E-state index in [2.05, 4.69) is 15.6 Å². The second-order valence-corrected chi connectivity index (χ2v) is 7.44. The second kappa shape index (κ2) is 4.84. The second-order valence-electron chi connectivity index (χ2n) is 5.03. The van der Waals surface area contributed by atoms with Gasteiger partial charge in [-0.3, -0.25) is 4.99 Å². The van der Waals surface area contributed by atoms with Crippen LogP contribution in [0.4, 0.5) is 0 Å². The highest BCUT2D eigenvalue weighted by atomic mass is 32.2. The van der Waals surface area contributed by atoms with Crippen LogP contribution in [0, 0.1) is 0 Å². The summed E-state index contributed by atoms with van der Waals surface area (Å²) in [4.78, 5) is 4.30. The molecule has 6 heteroatoms. The lowest BCUT2D eigenvalue weighted by Crippen LogP contribution is -2.50. The number of nitrogens with one attached hydrogen (secondary N) is 2. The fourth-order valence-corrected chi connectivity index (χ4v) is 3.96. The van der Waals surface area contributed by atoms with Gasteiger partial charge in [0, 0.05) is 25.9 Å². The van der Waals surface area contributed by atoms with Gasteiger partial charge in [0.05, 0.1) is 4.75 Å². The first-order valence-corrected chi connectivity index (χ1v) is 8.14. The highest BCUT2D eigenvalue weighted by molar-refractivity contribution is 7.92. The van der Waals surface area contributed by atoms with Crippen LogP contribution in [0.5, 0.6) is 0 Å². The van der Waals surface area contributed by atoms with E-state index in [1.807, 2.05) is 0 Å². The van der Waals surface area contributed by atoms with Gasteiger partial charge in [0.2, 0.25) is 0 Å². The molecule has 0 spiro atoms. The van der Waals surface area contributed by atoms with Gasteiger partial charge in [-0.05, 0) is 19.3 Å². The average molecular weight is 259 g/mol. The van der Waals surface area contributed by atoms with Crippen molar-refractivity contribution < 1.29 is 8.42 Å². The van der Waals surface area contributed by atoms with Crippen molar-refractivity contribution in [3.05, 3.63) is 0 Å². The summed E-state index contributed by atoms with van der Waals surface area (Å²) >= 11 is 0. The van der Waals surface area contributed by atoms with E-state index in [-0.39, 0.29) is 0 Å². The van der Waals surface area contributed by atoms with E-state index in [1.165, 1.54) is 6.26 Å². The highest BCUT2D eigenvalue weighted by Crippen LogP contribution is 2.35. The molecule has 1 saturated carbocycles. The van der Waals surface area contributed by atoms with Crippen molar-refractivity contribution in [1.82, 2.24) is 10.6 Å². The molecule has 0 atom stereocenters. The fourth-order valence-electron chi connectivity index (χ4n) is 2.59. The Hall–Kier alpha value is -0.780. The molecule has 5 nitrogen and oxygen atoms in total. The summed E-state index contributed by atoms with van der Waals surface area (Å²) in [5.41, 5.74) is 0. The maximum Gasteiger partial charge on any atom is 0.191 e. The van der Waals surface area contributed by atoms with Gasteiger partial charge in [-0.2, -0.15) is 0 Å². The van der Waals surface area contributed by atoms with Crippen LogP contribution in [0.15, 0.2) is 4.99 Å². The zero-order valence-electron chi connectivity index (χ0n) is 10.3. The third-order valence-corrected chi connectivity index (χ3v) is 5.90. The van der Waals surface area contributed by atoms with Crippen molar-refractivity contribution in [2.45, 2.75) is 36.9 Å². The van der Waals surface area contributed by atoms with Gasteiger partial charge >= 0.3 is 0 Å². The van der Waals surface area contributed by atoms with Crippen LogP contribution >= 0.6 is 0 Å². The van der Waals surface area contributed by atoms with E-state index in [0.29, 0.717) is 6.54 Å². The van der Waals surface area contributed by atoms with Crippen molar-refractivity contribution in [3.63, 3.8) is 0 Å². The van der Waals surface area contributed by atoms with Crippen LogP contribution in [0.25, 0.3) is 0 Å². The van der Waals surface area contributed by atoms with Gasteiger partial charge in [0.25, 0.3) is 0 Å². The van der Waals surface area contributed by atoms with Crippen molar-refractivity contribution in [2.75, 3.05) is 25.9 Å². The van der Waals surface area contributed by atoms with E-state index < -0.39 is 14.6 Å². The number of guanidine groups is 1. The molecule has 0 unspecified atom stereocenters. The largest absolute Gasteiger partial charge is 0.356 e. The van der Waals surface area contributed by atoms with Crippen molar-refractivity contribution in [3.8, 4) is 0 Å². The molecular weight excluding hydrogens is 238 g/mol. The van der Waals surface area contributed by atoms with Crippen molar-refractivity contribution in [2.24, 2.45) is 4.99 Å². The molecule has 1 fully saturated rings. The van der Waals surface area contributed by atoms with Gasteiger partial charge in [0.15, 0.2) is 15.8 Å². The lowest BCUT2D eigenvalue weighted by atomic mass is 10.1. The minimum atomic E-state index is -3.01. The zero-order chi connectivity index (χ0) is 12.4. The summed E-state index contributed by atoms with van der Waals surface area (Å²) in [6.07, 6.45) is 5.96. The average Bonchev–Trinajstić information content (AvgIpc) is 2.77. The minimum Gasteiger partial charge on any atom is -0.356 e. The summed E-state index contributed by atoms with van der Waals surface area (Å²) < 4.78 is 23.3. The molecule has 98 valence electrons. The van der Waals surface area contributed by atoms with Crippen molar-refractivity contribution in [1.29, 1.82) is 0 Å². The molecule has 0 aromatic heterocycles. The summed E-state index contributed by atoms with van der Waals surface area (Å²) in [5.74, 6) is 0.756. The summed E-state index contributed by atoms with van der Waals surface area (Å²) in [7, 11) is -3.01. The molecular formula is C11H21N3O2S. The number of hydrogen-bond donors (Lipinski definition) is 2. The van der Waals surface area contributed by atoms with Gasteiger partial charge in [-0.25, -0.2) is 8.42 Å². The quantitative estimate of drug-likeness (QED) is 0.764. The number of rotatable bonds is 3. The Morgan fingerprint density at radius 1 is 1.35 bits per heavy atom. The van der Waals surface area contributed by atoms with Crippen LogP contribution in [0.2, 0.25) is 0 Å². The van der Waals surface area contributed by atoms with Crippen LogP contribution in [-0.2, 0) is 9.84 Å². The molecule has 0 aromatic carbocycles. The first kappa shape index (κ1) is 12.7. The maximum absolute atomic E-state index is 11.9. The minimum absolute atomic E-state index is 0.484. The number of hydrogen-bond acceptors (Lipinski definition) is 5. The Kier molecular flexibility index (Phi) is 3.61. The van der Waals surface area contributed by atoms with Crippen molar-refractivity contribution >= 4 is 15.8 Å². The third-order valence-electron chi connectivity index (χ3n) is 3.78.